The van der Waals surface area contributed by atoms with Crippen LogP contribution in [-0.4, -0.2) is 21.8 Å². The normalized spacial score (nSPS) is 12.9. The van der Waals surface area contributed by atoms with Crippen molar-refractivity contribution in [1.29, 1.82) is 0 Å². The summed E-state index contributed by atoms with van der Waals surface area (Å²) in [6.45, 7) is 3.87. The highest BCUT2D eigenvalue weighted by Crippen LogP contribution is 2.25. The minimum Gasteiger partial charge on any atom is -0.312 e. The van der Waals surface area contributed by atoms with Crippen LogP contribution >= 0.6 is 0 Å². The Morgan fingerprint density at radius 2 is 1.81 bits per heavy atom. The van der Waals surface area contributed by atoms with Crippen LogP contribution in [0.2, 0.25) is 0 Å². The maximum Gasteiger partial charge on any atom is 0.138 e. The van der Waals surface area contributed by atoms with E-state index in [0.29, 0.717) is 18.0 Å². The lowest BCUT2D eigenvalue weighted by Gasteiger charge is -2.19. The lowest BCUT2D eigenvalue weighted by Crippen LogP contribution is -2.24. The van der Waals surface area contributed by atoms with Crippen LogP contribution in [0, 0.1) is 17.5 Å². The molecule has 1 aromatic carbocycles. The number of benzene rings is 1. The first-order valence-electron chi connectivity index (χ1n) is 6.64. The van der Waals surface area contributed by atoms with Crippen LogP contribution < -0.4 is 5.32 Å². The number of halogens is 3. The number of nitrogens with zero attached hydrogens (tertiary/aromatic N) is 3. The Morgan fingerprint density at radius 3 is 2.33 bits per heavy atom. The molecule has 21 heavy (non-hydrogen) atoms. The maximum absolute atomic E-state index is 13.9. The third kappa shape index (κ3) is 3.24. The van der Waals surface area contributed by atoms with E-state index in [-0.39, 0.29) is 18.0 Å². The molecule has 0 radical (unpaired) electrons. The zero-order valence-electron chi connectivity index (χ0n) is 12.1. The lowest BCUT2D eigenvalue weighted by atomic mass is 10.0. The second-order valence-corrected chi connectivity index (χ2v) is 5.04. The Kier molecular flexibility index (Phi) is 4.62. The average molecular weight is 298 g/mol. The zero-order chi connectivity index (χ0) is 15.6. The summed E-state index contributed by atoms with van der Waals surface area (Å²) in [6, 6.07) is 0.779. The van der Waals surface area contributed by atoms with E-state index in [1.54, 1.807) is 11.7 Å². The van der Waals surface area contributed by atoms with Crippen molar-refractivity contribution in [2.45, 2.75) is 32.4 Å². The molecule has 2 aromatic rings. The fourth-order valence-corrected chi connectivity index (χ4v) is 2.27. The van der Waals surface area contributed by atoms with E-state index in [0.717, 1.165) is 0 Å². The molecule has 1 unspecified atom stereocenters. The molecule has 1 atom stereocenters. The van der Waals surface area contributed by atoms with Gasteiger partial charge in [-0.2, -0.15) is 5.10 Å². The first-order chi connectivity index (χ1) is 9.93. The SMILES string of the molecule is CNC(Cc1ncnn1C(C)C)c1c(F)cc(F)cc1F. The van der Waals surface area contributed by atoms with Crippen molar-refractivity contribution in [3.8, 4) is 0 Å². The van der Waals surface area contributed by atoms with Crippen LogP contribution in [0.3, 0.4) is 0 Å². The van der Waals surface area contributed by atoms with Crippen LogP contribution in [0.25, 0.3) is 0 Å². The average Bonchev–Trinajstić information content (AvgIpc) is 2.84. The number of aromatic nitrogens is 3. The first kappa shape index (κ1) is 15.5. The Balaban J connectivity index is 2.35. The molecule has 0 aliphatic heterocycles. The van der Waals surface area contributed by atoms with Gasteiger partial charge in [0.05, 0.1) is 0 Å². The van der Waals surface area contributed by atoms with Gasteiger partial charge in [0.1, 0.15) is 29.6 Å². The number of hydrogen-bond acceptors (Lipinski definition) is 3. The van der Waals surface area contributed by atoms with Crippen molar-refractivity contribution in [2.24, 2.45) is 0 Å². The quantitative estimate of drug-likeness (QED) is 0.923. The van der Waals surface area contributed by atoms with Crippen molar-refractivity contribution in [1.82, 2.24) is 20.1 Å². The molecular formula is C14H17F3N4. The summed E-state index contributed by atoms with van der Waals surface area (Å²) in [5, 5.41) is 6.93. The lowest BCUT2D eigenvalue weighted by molar-refractivity contribution is 0.447. The van der Waals surface area contributed by atoms with E-state index in [4.69, 9.17) is 0 Å². The standard InChI is InChI=1S/C14H17F3N4/c1-8(2)21-13(19-7-20-21)6-12(18-3)14-10(16)4-9(15)5-11(14)17/h4-5,7-8,12,18H,6H2,1-3H3. The predicted molar refractivity (Wildman–Crippen MR) is 72.2 cm³/mol. The van der Waals surface area contributed by atoms with Gasteiger partial charge in [-0.15, -0.1) is 0 Å². The molecule has 0 amide bonds. The van der Waals surface area contributed by atoms with Gasteiger partial charge >= 0.3 is 0 Å². The maximum atomic E-state index is 13.9. The highest BCUT2D eigenvalue weighted by atomic mass is 19.1. The predicted octanol–water partition coefficient (Wildman–Crippen LogP) is 2.78. The van der Waals surface area contributed by atoms with E-state index in [9.17, 15) is 13.2 Å². The van der Waals surface area contributed by atoms with E-state index < -0.39 is 23.5 Å². The fraction of sp³-hybridized carbons (Fsp3) is 0.429. The van der Waals surface area contributed by atoms with Gasteiger partial charge < -0.3 is 5.32 Å². The molecular weight excluding hydrogens is 281 g/mol. The van der Waals surface area contributed by atoms with Crippen molar-refractivity contribution in [3.63, 3.8) is 0 Å². The van der Waals surface area contributed by atoms with E-state index in [2.05, 4.69) is 15.4 Å². The fourth-order valence-electron chi connectivity index (χ4n) is 2.27. The van der Waals surface area contributed by atoms with E-state index in [1.807, 2.05) is 13.8 Å². The van der Waals surface area contributed by atoms with Gasteiger partial charge in [-0.1, -0.05) is 0 Å². The molecule has 0 aliphatic carbocycles. The minimum atomic E-state index is -0.936. The van der Waals surface area contributed by atoms with Crippen molar-refractivity contribution < 1.29 is 13.2 Å². The molecule has 1 N–H and O–H groups in total. The molecule has 4 nitrogen and oxygen atoms in total. The second kappa shape index (κ2) is 6.26. The summed E-state index contributed by atoms with van der Waals surface area (Å²) in [6.07, 6.45) is 1.65. The molecule has 1 aromatic heterocycles. The molecule has 2 rings (SSSR count). The monoisotopic (exact) mass is 298 g/mol. The second-order valence-electron chi connectivity index (χ2n) is 5.04. The highest BCUT2D eigenvalue weighted by Gasteiger charge is 2.23. The zero-order valence-corrected chi connectivity index (χ0v) is 12.1. The summed E-state index contributed by atoms with van der Waals surface area (Å²) < 4.78 is 42.4. The van der Waals surface area contributed by atoms with Gasteiger partial charge in [0.2, 0.25) is 0 Å². The van der Waals surface area contributed by atoms with E-state index >= 15 is 0 Å². The van der Waals surface area contributed by atoms with Crippen LogP contribution in [0.5, 0.6) is 0 Å². The van der Waals surface area contributed by atoms with Crippen LogP contribution in [-0.2, 0) is 6.42 Å². The first-order valence-corrected chi connectivity index (χ1v) is 6.64. The van der Waals surface area contributed by atoms with Crippen molar-refractivity contribution in [3.05, 3.63) is 47.3 Å². The molecule has 0 saturated heterocycles. The van der Waals surface area contributed by atoms with Crippen molar-refractivity contribution in [2.75, 3.05) is 7.05 Å². The largest absolute Gasteiger partial charge is 0.312 e. The van der Waals surface area contributed by atoms with Gasteiger partial charge in [-0.3, -0.25) is 0 Å². The van der Waals surface area contributed by atoms with Crippen molar-refractivity contribution >= 4 is 0 Å². The Labute approximate surface area is 121 Å². The van der Waals surface area contributed by atoms with Gasteiger partial charge in [-0.25, -0.2) is 22.8 Å². The summed E-state index contributed by atoms with van der Waals surface area (Å²) in [5.41, 5.74) is -0.197. The number of nitrogens with one attached hydrogen (secondary N) is 1. The molecule has 0 saturated carbocycles. The van der Waals surface area contributed by atoms with Gasteiger partial charge in [0.15, 0.2) is 0 Å². The summed E-state index contributed by atoms with van der Waals surface area (Å²) >= 11 is 0. The molecule has 114 valence electrons. The molecule has 0 spiro atoms. The van der Waals surface area contributed by atoms with Gasteiger partial charge in [0.25, 0.3) is 0 Å². The number of hydrogen-bond donors (Lipinski definition) is 1. The molecule has 7 heteroatoms. The van der Waals surface area contributed by atoms with Crippen LogP contribution in [0.1, 0.15) is 37.3 Å². The minimum absolute atomic E-state index is 0.0860. The summed E-state index contributed by atoms with van der Waals surface area (Å²) in [4.78, 5) is 4.12. The molecule has 1 heterocycles. The molecule has 0 bridgehead atoms. The molecule has 0 fully saturated rings. The third-order valence-electron chi connectivity index (χ3n) is 3.26. The Morgan fingerprint density at radius 1 is 1.19 bits per heavy atom. The third-order valence-corrected chi connectivity index (χ3v) is 3.26. The summed E-state index contributed by atoms with van der Waals surface area (Å²) in [5.74, 6) is -2.16. The van der Waals surface area contributed by atoms with E-state index in [1.165, 1.54) is 6.33 Å². The van der Waals surface area contributed by atoms with Gasteiger partial charge in [0, 0.05) is 36.2 Å². The topological polar surface area (TPSA) is 42.7 Å². The Hall–Kier alpha value is -1.89. The molecule has 0 aliphatic rings. The highest BCUT2D eigenvalue weighted by molar-refractivity contribution is 5.25. The number of rotatable bonds is 5. The smallest absolute Gasteiger partial charge is 0.138 e. The Bertz CT molecular complexity index is 601. The van der Waals surface area contributed by atoms with Crippen LogP contribution in [0.15, 0.2) is 18.5 Å². The van der Waals surface area contributed by atoms with Crippen LogP contribution in [0.4, 0.5) is 13.2 Å². The summed E-state index contributed by atoms with van der Waals surface area (Å²) in [7, 11) is 1.59. The van der Waals surface area contributed by atoms with Gasteiger partial charge in [-0.05, 0) is 20.9 Å². The number of likely N-dealkylation sites (N-methyl/N-ethyl adjacent to an activating group) is 1.